The lowest BCUT2D eigenvalue weighted by molar-refractivity contribution is -0.145. The van der Waals surface area contributed by atoms with Gasteiger partial charge in [-0.3, -0.25) is 19.3 Å². The number of amides is 3. The van der Waals surface area contributed by atoms with Crippen LogP contribution in [0.5, 0.6) is 0 Å². The number of rotatable bonds is 6. The third kappa shape index (κ3) is 5.42. The number of benzene rings is 1. The number of piperazine rings is 2. The third-order valence-corrected chi connectivity index (χ3v) is 5.79. The number of para-hydroxylation sites is 1. The summed E-state index contributed by atoms with van der Waals surface area (Å²) in [6, 6.07) is 14.1. The van der Waals surface area contributed by atoms with Crippen LogP contribution >= 0.6 is 0 Å². The molecule has 1 aromatic carbocycles. The first-order valence-electron chi connectivity index (χ1n) is 10.9. The number of pyridine rings is 1. The van der Waals surface area contributed by atoms with Crippen molar-refractivity contribution in [3.63, 3.8) is 0 Å². The van der Waals surface area contributed by atoms with Crippen LogP contribution in [0.3, 0.4) is 0 Å². The van der Waals surface area contributed by atoms with Crippen LogP contribution in [-0.4, -0.2) is 84.4 Å². The molecule has 2 fully saturated rings. The molecule has 3 amide bonds. The first-order chi connectivity index (χ1) is 15.6. The average Bonchev–Trinajstić information content (AvgIpc) is 2.82. The van der Waals surface area contributed by atoms with Crippen LogP contribution in [0.1, 0.15) is 6.42 Å². The summed E-state index contributed by atoms with van der Waals surface area (Å²) in [4.78, 5) is 48.3. The van der Waals surface area contributed by atoms with Crippen LogP contribution in [0.4, 0.5) is 11.5 Å². The van der Waals surface area contributed by atoms with Gasteiger partial charge in [0.1, 0.15) is 11.9 Å². The Morgan fingerprint density at radius 3 is 2.47 bits per heavy atom. The quantitative estimate of drug-likeness (QED) is 0.687. The van der Waals surface area contributed by atoms with E-state index < -0.39 is 6.04 Å². The third-order valence-electron chi connectivity index (χ3n) is 5.79. The lowest BCUT2D eigenvalue weighted by Crippen LogP contribution is -2.60. The first kappa shape index (κ1) is 21.8. The van der Waals surface area contributed by atoms with Crippen molar-refractivity contribution >= 4 is 29.2 Å². The van der Waals surface area contributed by atoms with Crippen LogP contribution in [0.15, 0.2) is 54.7 Å². The standard InChI is InChI=1S/C23H28N6O3/c30-21(26-18-6-2-1-3-7-18)16-19-23(32)25-10-11-29(19)22(31)17-27-12-14-28(15-13-27)20-8-4-5-9-24-20/h1-9,19H,10-17H2,(H,25,32)(H,26,30). The Morgan fingerprint density at radius 1 is 1.00 bits per heavy atom. The number of hydrogen-bond donors (Lipinski definition) is 2. The number of hydrogen-bond acceptors (Lipinski definition) is 6. The molecule has 4 rings (SSSR count). The zero-order valence-corrected chi connectivity index (χ0v) is 17.9. The van der Waals surface area contributed by atoms with Crippen molar-refractivity contribution in [2.24, 2.45) is 0 Å². The van der Waals surface area contributed by atoms with E-state index in [-0.39, 0.29) is 30.7 Å². The topological polar surface area (TPSA) is 97.9 Å². The summed E-state index contributed by atoms with van der Waals surface area (Å²) >= 11 is 0. The minimum atomic E-state index is -0.797. The van der Waals surface area contributed by atoms with Gasteiger partial charge in [0.25, 0.3) is 0 Å². The van der Waals surface area contributed by atoms with E-state index in [0.29, 0.717) is 18.8 Å². The van der Waals surface area contributed by atoms with Gasteiger partial charge in [0.15, 0.2) is 0 Å². The van der Waals surface area contributed by atoms with Gasteiger partial charge in [-0.1, -0.05) is 24.3 Å². The van der Waals surface area contributed by atoms with E-state index in [9.17, 15) is 14.4 Å². The second-order valence-corrected chi connectivity index (χ2v) is 7.96. The monoisotopic (exact) mass is 436 g/mol. The molecule has 2 aromatic rings. The number of nitrogens with one attached hydrogen (secondary N) is 2. The molecule has 3 heterocycles. The van der Waals surface area contributed by atoms with E-state index in [4.69, 9.17) is 0 Å². The van der Waals surface area contributed by atoms with Crippen molar-refractivity contribution in [2.75, 3.05) is 56.0 Å². The number of aromatic nitrogens is 1. The molecular formula is C23H28N6O3. The second kappa shape index (κ2) is 10.2. The molecule has 0 saturated carbocycles. The summed E-state index contributed by atoms with van der Waals surface area (Å²) in [6.45, 7) is 4.08. The summed E-state index contributed by atoms with van der Waals surface area (Å²) in [6.07, 6.45) is 1.71. The number of anilines is 2. The Hall–Kier alpha value is -3.46. The lowest BCUT2D eigenvalue weighted by Gasteiger charge is -2.38. The molecule has 0 radical (unpaired) electrons. The lowest BCUT2D eigenvalue weighted by atomic mass is 10.1. The summed E-state index contributed by atoms with van der Waals surface area (Å²) in [5.74, 6) is 0.243. The van der Waals surface area contributed by atoms with Gasteiger partial charge in [0.2, 0.25) is 17.7 Å². The van der Waals surface area contributed by atoms with Crippen molar-refractivity contribution in [3.8, 4) is 0 Å². The molecule has 2 N–H and O–H groups in total. The Bertz CT molecular complexity index is 931. The van der Waals surface area contributed by atoms with Crippen LogP contribution in [0, 0.1) is 0 Å². The molecule has 2 aliphatic rings. The maximum absolute atomic E-state index is 13.1. The first-order valence-corrected chi connectivity index (χ1v) is 10.9. The summed E-state index contributed by atoms with van der Waals surface area (Å²) < 4.78 is 0. The van der Waals surface area contributed by atoms with E-state index in [1.54, 1.807) is 23.2 Å². The van der Waals surface area contributed by atoms with Crippen LogP contribution in [-0.2, 0) is 14.4 Å². The molecule has 2 aliphatic heterocycles. The van der Waals surface area contributed by atoms with Gasteiger partial charge in [0.05, 0.1) is 13.0 Å². The summed E-state index contributed by atoms with van der Waals surface area (Å²) in [5, 5.41) is 5.57. The highest BCUT2D eigenvalue weighted by Crippen LogP contribution is 2.15. The molecule has 32 heavy (non-hydrogen) atoms. The summed E-state index contributed by atoms with van der Waals surface area (Å²) in [5.41, 5.74) is 0.664. The SMILES string of the molecule is O=C(CC1C(=O)NCCN1C(=O)CN1CCN(c2ccccn2)CC1)Nc1ccccc1. The van der Waals surface area contributed by atoms with Crippen molar-refractivity contribution in [2.45, 2.75) is 12.5 Å². The number of nitrogens with zero attached hydrogens (tertiary/aromatic N) is 4. The molecule has 9 nitrogen and oxygen atoms in total. The highest BCUT2D eigenvalue weighted by atomic mass is 16.2. The molecule has 0 spiro atoms. The van der Waals surface area contributed by atoms with E-state index >= 15 is 0 Å². The van der Waals surface area contributed by atoms with Crippen LogP contribution in [0.25, 0.3) is 0 Å². The normalized spacial score (nSPS) is 19.4. The fraction of sp³-hybridized carbons (Fsp3) is 0.391. The highest BCUT2D eigenvalue weighted by Gasteiger charge is 2.35. The van der Waals surface area contributed by atoms with Crippen LogP contribution in [0.2, 0.25) is 0 Å². The van der Waals surface area contributed by atoms with Crippen LogP contribution < -0.4 is 15.5 Å². The van der Waals surface area contributed by atoms with Gasteiger partial charge in [-0.15, -0.1) is 0 Å². The highest BCUT2D eigenvalue weighted by molar-refractivity contribution is 5.97. The predicted octanol–water partition coefficient (Wildman–Crippen LogP) is 0.559. The van der Waals surface area contributed by atoms with Gasteiger partial charge in [-0.05, 0) is 24.3 Å². The maximum Gasteiger partial charge on any atom is 0.243 e. The fourth-order valence-electron chi connectivity index (χ4n) is 4.08. The second-order valence-electron chi connectivity index (χ2n) is 7.96. The van der Waals surface area contributed by atoms with E-state index in [1.807, 2.05) is 36.4 Å². The zero-order chi connectivity index (χ0) is 22.3. The van der Waals surface area contributed by atoms with Gasteiger partial charge >= 0.3 is 0 Å². The fourth-order valence-corrected chi connectivity index (χ4v) is 4.08. The molecule has 1 aromatic heterocycles. The number of carbonyl (C=O) groups is 3. The molecule has 1 atom stereocenters. The Morgan fingerprint density at radius 2 is 1.75 bits per heavy atom. The molecule has 9 heteroatoms. The van der Waals surface area contributed by atoms with E-state index in [0.717, 1.165) is 32.0 Å². The predicted molar refractivity (Wildman–Crippen MR) is 121 cm³/mol. The molecule has 0 bridgehead atoms. The van der Waals surface area contributed by atoms with Crippen molar-refractivity contribution in [1.82, 2.24) is 20.1 Å². The largest absolute Gasteiger partial charge is 0.354 e. The van der Waals surface area contributed by atoms with E-state index in [2.05, 4.69) is 25.4 Å². The maximum atomic E-state index is 13.1. The summed E-state index contributed by atoms with van der Waals surface area (Å²) in [7, 11) is 0. The van der Waals surface area contributed by atoms with Crippen molar-refractivity contribution in [1.29, 1.82) is 0 Å². The van der Waals surface area contributed by atoms with Crippen molar-refractivity contribution < 1.29 is 14.4 Å². The molecule has 1 unspecified atom stereocenters. The molecule has 2 saturated heterocycles. The Labute approximate surface area is 187 Å². The van der Waals surface area contributed by atoms with Gasteiger partial charge in [0, 0.05) is 51.2 Å². The smallest absolute Gasteiger partial charge is 0.243 e. The molecule has 168 valence electrons. The van der Waals surface area contributed by atoms with Gasteiger partial charge < -0.3 is 20.4 Å². The number of carbonyl (C=O) groups excluding carboxylic acids is 3. The minimum Gasteiger partial charge on any atom is -0.354 e. The molecular weight excluding hydrogens is 408 g/mol. The van der Waals surface area contributed by atoms with Crippen molar-refractivity contribution in [3.05, 3.63) is 54.7 Å². The van der Waals surface area contributed by atoms with Gasteiger partial charge in [-0.25, -0.2) is 4.98 Å². The zero-order valence-electron chi connectivity index (χ0n) is 17.9. The van der Waals surface area contributed by atoms with E-state index in [1.165, 1.54) is 0 Å². The molecule has 0 aliphatic carbocycles. The van der Waals surface area contributed by atoms with Gasteiger partial charge in [-0.2, -0.15) is 0 Å². The average molecular weight is 437 g/mol. The Balaban J connectivity index is 1.32. The Kier molecular flexibility index (Phi) is 6.96. The minimum absolute atomic E-state index is 0.0695.